The van der Waals surface area contributed by atoms with Gasteiger partial charge in [0, 0.05) is 0 Å². The van der Waals surface area contributed by atoms with Gasteiger partial charge in [-0.1, -0.05) is 13.0 Å². The van der Waals surface area contributed by atoms with E-state index in [-0.39, 0.29) is 6.10 Å². The molecule has 1 aliphatic rings. The summed E-state index contributed by atoms with van der Waals surface area (Å²) in [5.74, 6) is 1.03. The molecule has 0 spiro atoms. The molecule has 1 aliphatic carbocycles. The highest BCUT2D eigenvalue weighted by molar-refractivity contribution is 14.1. The van der Waals surface area contributed by atoms with Gasteiger partial charge in [-0.2, -0.15) is 0 Å². The second kappa shape index (κ2) is 3.90. The molecule has 11 heavy (non-hydrogen) atoms. The third-order valence-corrected chi connectivity index (χ3v) is 3.35. The van der Waals surface area contributed by atoms with Crippen molar-refractivity contribution in [1.82, 2.24) is 0 Å². The highest BCUT2D eigenvalue weighted by atomic mass is 127. The van der Waals surface area contributed by atoms with Crippen LogP contribution in [0.2, 0.25) is 0 Å². The van der Waals surface area contributed by atoms with E-state index in [9.17, 15) is 5.11 Å². The van der Waals surface area contributed by atoms with Gasteiger partial charge in [-0.3, -0.25) is 0 Å². The Morgan fingerprint density at radius 1 is 1.73 bits per heavy atom. The summed E-state index contributed by atoms with van der Waals surface area (Å²) in [5, 5.41) is 9.40. The van der Waals surface area contributed by atoms with Crippen molar-refractivity contribution in [2.75, 3.05) is 0 Å². The second-order valence-electron chi connectivity index (χ2n) is 3.42. The third-order valence-electron chi connectivity index (χ3n) is 2.46. The van der Waals surface area contributed by atoms with Crippen LogP contribution in [0, 0.1) is 11.8 Å². The summed E-state index contributed by atoms with van der Waals surface area (Å²) in [5.41, 5.74) is 0. The molecule has 0 saturated carbocycles. The highest BCUT2D eigenvalue weighted by Crippen LogP contribution is 2.33. The molecule has 2 heteroatoms. The lowest BCUT2D eigenvalue weighted by Gasteiger charge is -2.28. The van der Waals surface area contributed by atoms with Crippen LogP contribution in [0.5, 0.6) is 0 Å². The molecule has 64 valence electrons. The molecule has 3 atom stereocenters. The van der Waals surface area contributed by atoms with Crippen LogP contribution in [0.25, 0.3) is 0 Å². The number of aliphatic hydroxyl groups is 1. The Kier molecular flexibility index (Phi) is 3.37. The van der Waals surface area contributed by atoms with E-state index in [1.165, 1.54) is 3.58 Å². The molecule has 0 heterocycles. The maximum absolute atomic E-state index is 9.40. The fourth-order valence-electron chi connectivity index (χ4n) is 1.74. The van der Waals surface area contributed by atoms with E-state index in [2.05, 4.69) is 35.6 Å². The third kappa shape index (κ3) is 2.44. The Hall–Kier alpha value is 0.430. The predicted molar refractivity (Wildman–Crippen MR) is 55.7 cm³/mol. The number of rotatable bonds is 1. The van der Waals surface area contributed by atoms with Gasteiger partial charge in [0.1, 0.15) is 0 Å². The zero-order chi connectivity index (χ0) is 8.43. The molecule has 1 N–H and O–H groups in total. The molecule has 2 unspecified atom stereocenters. The Labute approximate surface area is 82.0 Å². The maximum atomic E-state index is 9.40. The van der Waals surface area contributed by atoms with Crippen molar-refractivity contribution in [3.05, 3.63) is 9.66 Å². The summed E-state index contributed by atoms with van der Waals surface area (Å²) in [4.78, 5) is 0. The average molecular weight is 266 g/mol. The first-order valence-electron chi connectivity index (χ1n) is 4.15. The predicted octanol–water partition coefficient (Wildman–Crippen LogP) is 2.73. The molecule has 0 aromatic carbocycles. The van der Waals surface area contributed by atoms with Crippen LogP contribution in [-0.2, 0) is 0 Å². The molecule has 0 bridgehead atoms. The van der Waals surface area contributed by atoms with Gasteiger partial charge in [-0.15, -0.1) is 0 Å². The van der Waals surface area contributed by atoms with E-state index >= 15 is 0 Å². The molecular formula is C9H15IO. The number of hydrogen-bond donors (Lipinski definition) is 1. The van der Waals surface area contributed by atoms with Crippen LogP contribution in [0.1, 0.15) is 26.7 Å². The summed E-state index contributed by atoms with van der Waals surface area (Å²) in [6, 6.07) is 0. The van der Waals surface area contributed by atoms with Crippen molar-refractivity contribution >= 4 is 22.6 Å². The van der Waals surface area contributed by atoms with Crippen LogP contribution >= 0.6 is 22.6 Å². The minimum atomic E-state index is -0.147. The van der Waals surface area contributed by atoms with Crippen LogP contribution in [0.4, 0.5) is 0 Å². The van der Waals surface area contributed by atoms with Crippen molar-refractivity contribution < 1.29 is 5.11 Å². The van der Waals surface area contributed by atoms with Gasteiger partial charge < -0.3 is 5.11 Å². The number of aliphatic hydroxyl groups excluding tert-OH is 1. The zero-order valence-electron chi connectivity index (χ0n) is 7.05. The minimum Gasteiger partial charge on any atom is -0.393 e. The Balaban J connectivity index is 2.60. The number of hydrogen-bond acceptors (Lipinski definition) is 1. The summed E-state index contributed by atoms with van der Waals surface area (Å²) < 4.78 is 1.45. The number of halogens is 1. The highest BCUT2D eigenvalue weighted by Gasteiger charge is 2.23. The fraction of sp³-hybridized carbons (Fsp3) is 0.778. The van der Waals surface area contributed by atoms with Gasteiger partial charge in [0.25, 0.3) is 0 Å². The molecule has 0 aromatic heterocycles. The first-order chi connectivity index (χ1) is 5.11. The molecule has 0 aromatic rings. The normalized spacial score (nSPS) is 34.7. The summed E-state index contributed by atoms with van der Waals surface area (Å²) in [6.07, 6.45) is 4.43. The van der Waals surface area contributed by atoms with Crippen LogP contribution in [0.15, 0.2) is 9.66 Å². The fourth-order valence-corrected chi connectivity index (χ4v) is 2.62. The molecular weight excluding hydrogens is 251 g/mol. The molecule has 0 fully saturated rings. The topological polar surface area (TPSA) is 20.2 Å². The van der Waals surface area contributed by atoms with E-state index < -0.39 is 0 Å². The molecule has 0 amide bonds. The van der Waals surface area contributed by atoms with E-state index in [0.29, 0.717) is 11.8 Å². The summed E-state index contributed by atoms with van der Waals surface area (Å²) in [7, 11) is 0. The van der Waals surface area contributed by atoms with Crippen LogP contribution < -0.4 is 0 Å². The van der Waals surface area contributed by atoms with Gasteiger partial charge in [-0.25, -0.2) is 0 Å². The Morgan fingerprint density at radius 3 is 2.82 bits per heavy atom. The maximum Gasteiger partial charge on any atom is 0.0545 e. The van der Waals surface area contributed by atoms with Gasteiger partial charge in [0.15, 0.2) is 0 Å². The van der Waals surface area contributed by atoms with Crippen molar-refractivity contribution in [3.63, 3.8) is 0 Å². The molecule has 1 rings (SSSR count). The van der Waals surface area contributed by atoms with Crippen LogP contribution in [0.3, 0.4) is 0 Å². The molecule has 0 saturated heterocycles. The second-order valence-corrected chi connectivity index (χ2v) is 4.80. The van der Waals surface area contributed by atoms with Crippen molar-refractivity contribution in [2.45, 2.75) is 32.8 Å². The lowest BCUT2D eigenvalue weighted by Crippen LogP contribution is -2.25. The SMILES string of the molecule is CC(O)[C@H]1CCC(I)=CC1C. The summed E-state index contributed by atoms with van der Waals surface area (Å²) >= 11 is 2.38. The van der Waals surface area contributed by atoms with Crippen molar-refractivity contribution in [2.24, 2.45) is 11.8 Å². The van der Waals surface area contributed by atoms with Gasteiger partial charge in [-0.05, 0) is 57.8 Å². The smallest absolute Gasteiger partial charge is 0.0545 e. The van der Waals surface area contributed by atoms with E-state index in [4.69, 9.17) is 0 Å². The summed E-state index contributed by atoms with van der Waals surface area (Å²) in [6.45, 7) is 4.09. The Morgan fingerprint density at radius 2 is 2.36 bits per heavy atom. The van der Waals surface area contributed by atoms with Crippen LogP contribution in [-0.4, -0.2) is 11.2 Å². The molecule has 1 nitrogen and oxygen atoms in total. The number of allylic oxidation sites excluding steroid dienone is 2. The zero-order valence-corrected chi connectivity index (χ0v) is 9.21. The lowest BCUT2D eigenvalue weighted by atomic mass is 9.82. The monoisotopic (exact) mass is 266 g/mol. The van der Waals surface area contributed by atoms with Gasteiger partial charge in [0.05, 0.1) is 6.10 Å². The van der Waals surface area contributed by atoms with Crippen molar-refractivity contribution in [3.8, 4) is 0 Å². The lowest BCUT2D eigenvalue weighted by molar-refractivity contribution is 0.0964. The molecule has 0 radical (unpaired) electrons. The first kappa shape index (κ1) is 9.52. The van der Waals surface area contributed by atoms with Gasteiger partial charge in [0.2, 0.25) is 0 Å². The minimum absolute atomic E-state index is 0.147. The molecule has 0 aliphatic heterocycles. The van der Waals surface area contributed by atoms with E-state index in [1.54, 1.807) is 0 Å². The quantitative estimate of drug-likeness (QED) is 0.723. The van der Waals surface area contributed by atoms with E-state index in [1.807, 2.05) is 6.92 Å². The van der Waals surface area contributed by atoms with E-state index in [0.717, 1.165) is 12.8 Å². The first-order valence-corrected chi connectivity index (χ1v) is 5.23. The van der Waals surface area contributed by atoms with Crippen molar-refractivity contribution in [1.29, 1.82) is 0 Å². The van der Waals surface area contributed by atoms with Gasteiger partial charge >= 0.3 is 0 Å². The largest absolute Gasteiger partial charge is 0.393 e. The standard InChI is InChI=1S/C9H15IO/c1-6-5-8(10)3-4-9(6)7(2)11/h5-7,9,11H,3-4H2,1-2H3/t6?,7?,9-/m0/s1. The average Bonchev–Trinajstić information content (AvgIpc) is 1.85. The Bertz CT molecular complexity index is 163.